The maximum Gasteiger partial charge on any atom is 0.131 e. The van der Waals surface area contributed by atoms with Crippen molar-refractivity contribution in [2.24, 2.45) is 0 Å². The summed E-state index contributed by atoms with van der Waals surface area (Å²) in [6.45, 7) is 7.81. The Kier molecular flexibility index (Phi) is 4.28. The van der Waals surface area contributed by atoms with Crippen LogP contribution in [0.15, 0.2) is 0 Å². The van der Waals surface area contributed by atoms with Gasteiger partial charge in [0.05, 0.1) is 0 Å². The van der Waals surface area contributed by atoms with Gasteiger partial charge in [0.1, 0.15) is 5.78 Å². The fraction of sp³-hybridized carbons (Fsp3) is 0.875. The van der Waals surface area contributed by atoms with Crippen LogP contribution in [0.1, 0.15) is 34.1 Å². The second-order valence-electron chi connectivity index (χ2n) is 3.13. The van der Waals surface area contributed by atoms with Crippen LogP contribution < -0.4 is 5.32 Å². The van der Waals surface area contributed by atoms with Gasteiger partial charge in [0.15, 0.2) is 0 Å². The molecular formula is C8H17NO. The second kappa shape index (κ2) is 4.45. The van der Waals surface area contributed by atoms with Gasteiger partial charge in [-0.1, -0.05) is 13.8 Å². The van der Waals surface area contributed by atoms with E-state index in [1.807, 2.05) is 6.92 Å². The number of hydrogen-bond donors (Lipinski definition) is 1. The highest BCUT2D eigenvalue weighted by molar-refractivity contribution is 5.76. The lowest BCUT2D eigenvalue weighted by Crippen LogP contribution is -2.33. The Labute approximate surface area is 63.0 Å². The van der Waals surface area contributed by atoms with E-state index in [-0.39, 0.29) is 5.78 Å². The third-order valence-electron chi connectivity index (χ3n) is 1.21. The normalized spacial score (nSPS) is 13.7. The molecule has 0 heterocycles. The summed E-state index contributed by atoms with van der Waals surface area (Å²) in [4.78, 5) is 10.6. The molecule has 2 nitrogen and oxygen atoms in total. The Morgan fingerprint density at radius 2 is 1.90 bits per heavy atom. The van der Waals surface area contributed by atoms with Crippen LogP contribution in [-0.2, 0) is 4.79 Å². The molecule has 0 bridgehead atoms. The number of carbonyl (C=O) groups excluding carboxylic acids is 1. The fourth-order valence-electron chi connectivity index (χ4n) is 1.06. The van der Waals surface area contributed by atoms with Crippen LogP contribution in [0.25, 0.3) is 0 Å². The number of nitrogens with one attached hydrogen (secondary N) is 1. The molecule has 0 aromatic heterocycles. The summed E-state index contributed by atoms with van der Waals surface area (Å²) >= 11 is 0. The standard InChI is InChI=1S/C8H17NO/c1-6(2)9-7(3)5-8(4)10/h6-7,9H,5H2,1-4H3/t7-/m1/s1. The van der Waals surface area contributed by atoms with Crippen molar-refractivity contribution in [2.75, 3.05) is 0 Å². The molecular weight excluding hydrogens is 126 g/mol. The third-order valence-corrected chi connectivity index (χ3v) is 1.21. The number of carbonyl (C=O) groups is 1. The first kappa shape index (κ1) is 9.63. The lowest BCUT2D eigenvalue weighted by Gasteiger charge is -2.14. The number of Topliss-reactive ketones (excluding diaryl/α,β-unsaturated/α-hetero) is 1. The summed E-state index contributed by atoms with van der Waals surface area (Å²) in [5.41, 5.74) is 0. The molecule has 0 aliphatic heterocycles. The van der Waals surface area contributed by atoms with E-state index in [1.165, 1.54) is 0 Å². The van der Waals surface area contributed by atoms with Crippen molar-refractivity contribution in [3.63, 3.8) is 0 Å². The average Bonchev–Trinajstić information content (AvgIpc) is 1.58. The minimum Gasteiger partial charge on any atom is -0.312 e. The van der Waals surface area contributed by atoms with E-state index in [0.717, 1.165) is 0 Å². The van der Waals surface area contributed by atoms with Crippen LogP contribution in [0.5, 0.6) is 0 Å². The van der Waals surface area contributed by atoms with Gasteiger partial charge in [-0.3, -0.25) is 4.79 Å². The van der Waals surface area contributed by atoms with Crippen molar-refractivity contribution < 1.29 is 4.79 Å². The molecule has 60 valence electrons. The van der Waals surface area contributed by atoms with Crippen molar-refractivity contribution in [2.45, 2.75) is 46.2 Å². The molecule has 1 atom stereocenters. The van der Waals surface area contributed by atoms with E-state index >= 15 is 0 Å². The molecule has 0 radical (unpaired) electrons. The smallest absolute Gasteiger partial charge is 0.131 e. The van der Waals surface area contributed by atoms with Crippen molar-refractivity contribution in [3.8, 4) is 0 Å². The highest BCUT2D eigenvalue weighted by Gasteiger charge is 2.04. The van der Waals surface area contributed by atoms with Gasteiger partial charge in [-0.25, -0.2) is 0 Å². The van der Waals surface area contributed by atoms with Crippen molar-refractivity contribution >= 4 is 5.78 Å². The predicted molar refractivity (Wildman–Crippen MR) is 43.0 cm³/mol. The number of ketones is 1. The van der Waals surface area contributed by atoms with E-state index in [9.17, 15) is 4.79 Å². The van der Waals surface area contributed by atoms with Crippen molar-refractivity contribution in [3.05, 3.63) is 0 Å². The minimum absolute atomic E-state index is 0.251. The quantitative estimate of drug-likeness (QED) is 0.643. The SMILES string of the molecule is CC(=O)C[C@@H](C)NC(C)C. The largest absolute Gasteiger partial charge is 0.312 e. The first-order chi connectivity index (χ1) is 4.52. The summed E-state index contributed by atoms with van der Waals surface area (Å²) in [5.74, 6) is 0.251. The molecule has 0 aliphatic carbocycles. The van der Waals surface area contributed by atoms with Gasteiger partial charge in [-0.2, -0.15) is 0 Å². The summed E-state index contributed by atoms with van der Waals surface area (Å²) in [6, 6.07) is 0.784. The minimum atomic E-state index is 0.251. The molecule has 10 heavy (non-hydrogen) atoms. The Morgan fingerprint density at radius 1 is 1.40 bits per heavy atom. The fourth-order valence-corrected chi connectivity index (χ4v) is 1.06. The van der Waals surface area contributed by atoms with E-state index in [0.29, 0.717) is 18.5 Å². The molecule has 0 amide bonds. The second-order valence-corrected chi connectivity index (χ2v) is 3.13. The van der Waals surface area contributed by atoms with Gasteiger partial charge in [0.2, 0.25) is 0 Å². The molecule has 0 saturated heterocycles. The first-order valence-electron chi connectivity index (χ1n) is 3.78. The molecule has 1 N–H and O–H groups in total. The first-order valence-corrected chi connectivity index (χ1v) is 3.78. The van der Waals surface area contributed by atoms with Crippen LogP contribution in [0.2, 0.25) is 0 Å². The molecule has 0 aromatic rings. The molecule has 0 rings (SSSR count). The van der Waals surface area contributed by atoms with Crippen LogP contribution in [-0.4, -0.2) is 17.9 Å². The zero-order chi connectivity index (χ0) is 8.15. The zero-order valence-electron chi connectivity index (χ0n) is 7.27. The number of hydrogen-bond acceptors (Lipinski definition) is 2. The zero-order valence-corrected chi connectivity index (χ0v) is 7.27. The van der Waals surface area contributed by atoms with Gasteiger partial charge >= 0.3 is 0 Å². The van der Waals surface area contributed by atoms with Crippen LogP contribution in [0, 0.1) is 0 Å². The average molecular weight is 143 g/mol. The Morgan fingerprint density at radius 3 is 2.20 bits per heavy atom. The summed E-state index contributed by atoms with van der Waals surface area (Å²) in [6.07, 6.45) is 0.637. The van der Waals surface area contributed by atoms with E-state index in [2.05, 4.69) is 19.2 Å². The Balaban J connectivity index is 3.43. The van der Waals surface area contributed by atoms with Gasteiger partial charge in [-0.15, -0.1) is 0 Å². The Bertz CT molecular complexity index is 110. The molecule has 2 heteroatoms. The lowest BCUT2D eigenvalue weighted by atomic mass is 10.1. The van der Waals surface area contributed by atoms with Crippen LogP contribution in [0.4, 0.5) is 0 Å². The van der Waals surface area contributed by atoms with E-state index < -0.39 is 0 Å². The highest BCUT2D eigenvalue weighted by atomic mass is 16.1. The number of rotatable bonds is 4. The monoisotopic (exact) mass is 143 g/mol. The van der Waals surface area contributed by atoms with Gasteiger partial charge in [0, 0.05) is 18.5 Å². The summed E-state index contributed by atoms with van der Waals surface area (Å²) in [5, 5.41) is 3.25. The molecule has 0 aliphatic rings. The van der Waals surface area contributed by atoms with E-state index in [4.69, 9.17) is 0 Å². The maximum absolute atomic E-state index is 10.6. The van der Waals surface area contributed by atoms with Crippen molar-refractivity contribution in [1.29, 1.82) is 0 Å². The van der Waals surface area contributed by atoms with Crippen molar-refractivity contribution in [1.82, 2.24) is 5.32 Å². The third kappa shape index (κ3) is 5.76. The summed E-state index contributed by atoms with van der Waals surface area (Å²) < 4.78 is 0. The van der Waals surface area contributed by atoms with Gasteiger partial charge < -0.3 is 5.32 Å². The maximum atomic E-state index is 10.6. The molecule has 0 fully saturated rings. The topological polar surface area (TPSA) is 29.1 Å². The summed E-state index contributed by atoms with van der Waals surface area (Å²) in [7, 11) is 0. The molecule has 0 saturated carbocycles. The van der Waals surface area contributed by atoms with E-state index in [1.54, 1.807) is 6.92 Å². The van der Waals surface area contributed by atoms with Gasteiger partial charge in [0.25, 0.3) is 0 Å². The highest BCUT2D eigenvalue weighted by Crippen LogP contribution is 1.92. The molecule has 0 aromatic carbocycles. The molecule has 0 unspecified atom stereocenters. The van der Waals surface area contributed by atoms with Crippen LogP contribution in [0.3, 0.4) is 0 Å². The van der Waals surface area contributed by atoms with Gasteiger partial charge in [-0.05, 0) is 13.8 Å². The predicted octanol–water partition coefficient (Wildman–Crippen LogP) is 1.35. The molecule has 0 spiro atoms. The Hall–Kier alpha value is -0.370. The lowest BCUT2D eigenvalue weighted by molar-refractivity contribution is -0.117. The van der Waals surface area contributed by atoms with Crippen LogP contribution >= 0.6 is 0 Å².